The van der Waals surface area contributed by atoms with Gasteiger partial charge >= 0.3 is 0 Å². The minimum atomic E-state index is -0.198. The molecular formula is C13H16FNO. The van der Waals surface area contributed by atoms with Gasteiger partial charge in [0.05, 0.1) is 6.26 Å². The van der Waals surface area contributed by atoms with E-state index in [-0.39, 0.29) is 5.82 Å². The molecule has 1 aromatic heterocycles. The standard InChI is InChI=1S/C13H16FNO/c1-3-15-5-4-10-8-16-13-9(2)6-11(14)7-12(10)13/h6-8,15H,3-5H2,1-2H3. The van der Waals surface area contributed by atoms with Crippen LogP contribution in [-0.4, -0.2) is 13.1 Å². The maximum Gasteiger partial charge on any atom is 0.137 e. The first-order chi connectivity index (χ1) is 7.72. The molecule has 16 heavy (non-hydrogen) atoms. The average Bonchev–Trinajstić information content (AvgIpc) is 2.62. The maximum absolute atomic E-state index is 13.3. The van der Waals surface area contributed by atoms with E-state index in [4.69, 9.17) is 4.42 Å². The van der Waals surface area contributed by atoms with Crippen LogP contribution in [0.2, 0.25) is 0 Å². The summed E-state index contributed by atoms with van der Waals surface area (Å²) in [6, 6.07) is 3.05. The Bertz CT molecular complexity index is 490. The van der Waals surface area contributed by atoms with Gasteiger partial charge in [0, 0.05) is 5.39 Å². The Hall–Kier alpha value is -1.35. The first-order valence-electron chi connectivity index (χ1n) is 5.59. The number of nitrogens with one attached hydrogen (secondary N) is 1. The van der Waals surface area contributed by atoms with Crippen molar-refractivity contribution in [2.75, 3.05) is 13.1 Å². The largest absolute Gasteiger partial charge is 0.464 e. The lowest BCUT2D eigenvalue weighted by molar-refractivity contribution is 0.600. The molecule has 0 atom stereocenters. The highest BCUT2D eigenvalue weighted by Crippen LogP contribution is 2.25. The summed E-state index contributed by atoms with van der Waals surface area (Å²) < 4.78 is 18.8. The summed E-state index contributed by atoms with van der Waals surface area (Å²) in [6.07, 6.45) is 2.60. The Morgan fingerprint density at radius 1 is 1.38 bits per heavy atom. The van der Waals surface area contributed by atoms with Crippen molar-refractivity contribution in [3.63, 3.8) is 0 Å². The molecule has 86 valence electrons. The van der Waals surface area contributed by atoms with Gasteiger partial charge in [-0.3, -0.25) is 0 Å². The van der Waals surface area contributed by atoms with Gasteiger partial charge in [-0.15, -0.1) is 0 Å². The van der Waals surface area contributed by atoms with Crippen molar-refractivity contribution in [2.24, 2.45) is 0 Å². The molecule has 0 aliphatic heterocycles. The highest BCUT2D eigenvalue weighted by molar-refractivity contribution is 5.83. The molecule has 0 saturated carbocycles. The zero-order valence-electron chi connectivity index (χ0n) is 9.64. The number of rotatable bonds is 4. The van der Waals surface area contributed by atoms with E-state index >= 15 is 0 Å². The third kappa shape index (κ3) is 2.09. The van der Waals surface area contributed by atoms with Gasteiger partial charge in [-0.05, 0) is 49.7 Å². The Morgan fingerprint density at radius 2 is 2.19 bits per heavy atom. The number of aryl methyl sites for hydroxylation is 1. The van der Waals surface area contributed by atoms with Crippen LogP contribution < -0.4 is 5.32 Å². The zero-order chi connectivity index (χ0) is 11.5. The second kappa shape index (κ2) is 4.66. The lowest BCUT2D eigenvalue weighted by atomic mass is 10.1. The molecule has 3 heteroatoms. The fraction of sp³-hybridized carbons (Fsp3) is 0.385. The van der Waals surface area contributed by atoms with Crippen LogP contribution in [0.25, 0.3) is 11.0 Å². The number of benzene rings is 1. The van der Waals surface area contributed by atoms with Gasteiger partial charge in [0.15, 0.2) is 0 Å². The summed E-state index contributed by atoms with van der Waals surface area (Å²) >= 11 is 0. The van der Waals surface area contributed by atoms with Crippen LogP contribution in [0, 0.1) is 12.7 Å². The van der Waals surface area contributed by atoms with Crippen molar-refractivity contribution in [2.45, 2.75) is 20.3 Å². The maximum atomic E-state index is 13.3. The summed E-state index contributed by atoms with van der Waals surface area (Å²) in [7, 11) is 0. The third-order valence-electron chi connectivity index (χ3n) is 2.73. The Morgan fingerprint density at radius 3 is 2.94 bits per heavy atom. The first kappa shape index (κ1) is 11.1. The molecule has 1 aromatic carbocycles. The van der Waals surface area contributed by atoms with E-state index in [0.29, 0.717) is 0 Å². The molecule has 2 nitrogen and oxygen atoms in total. The van der Waals surface area contributed by atoms with Crippen LogP contribution in [0.4, 0.5) is 4.39 Å². The van der Waals surface area contributed by atoms with E-state index in [2.05, 4.69) is 12.2 Å². The van der Waals surface area contributed by atoms with Crippen LogP contribution in [0.3, 0.4) is 0 Å². The fourth-order valence-corrected chi connectivity index (χ4v) is 1.91. The Balaban J connectivity index is 2.32. The molecule has 0 aliphatic carbocycles. The van der Waals surface area contributed by atoms with Crippen LogP contribution in [-0.2, 0) is 6.42 Å². The second-order valence-corrected chi connectivity index (χ2v) is 3.96. The van der Waals surface area contributed by atoms with Crippen molar-refractivity contribution in [1.82, 2.24) is 5.32 Å². The summed E-state index contributed by atoms with van der Waals surface area (Å²) in [6.45, 7) is 5.77. The van der Waals surface area contributed by atoms with E-state index in [1.807, 2.05) is 6.92 Å². The molecule has 1 heterocycles. The Labute approximate surface area is 94.4 Å². The lowest BCUT2D eigenvalue weighted by Crippen LogP contribution is -2.15. The fourth-order valence-electron chi connectivity index (χ4n) is 1.91. The molecule has 2 aromatic rings. The average molecular weight is 221 g/mol. The molecule has 0 bridgehead atoms. The lowest BCUT2D eigenvalue weighted by Gasteiger charge is -2.00. The summed E-state index contributed by atoms with van der Waals surface area (Å²) in [5, 5.41) is 4.14. The summed E-state index contributed by atoms with van der Waals surface area (Å²) in [4.78, 5) is 0. The second-order valence-electron chi connectivity index (χ2n) is 3.96. The van der Waals surface area contributed by atoms with Crippen molar-refractivity contribution in [3.05, 3.63) is 35.3 Å². The van der Waals surface area contributed by atoms with Gasteiger partial charge in [-0.1, -0.05) is 6.92 Å². The van der Waals surface area contributed by atoms with Gasteiger partial charge in [-0.25, -0.2) is 4.39 Å². The minimum Gasteiger partial charge on any atom is -0.464 e. The van der Waals surface area contributed by atoms with Crippen LogP contribution in [0.15, 0.2) is 22.8 Å². The van der Waals surface area contributed by atoms with Gasteiger partial charge in [0.2, 0.25) is 0 Å². The van der Waals surface area contributed by atoms with Gasteiger partial charge < -0.3 is 9.73 Å². The zero-order valence-corrected chi connectivity index (χ0v) is 9.64. The summed E-state index contributed by atoms with van der Waals surface area (Å²) in [5.74, 6) is -0.198. The molecule has 0 fully saturated rings. The number of furan rings is 1. The number of hydrogen-bond donors (Lipinski definition) is 1. The van der Waals surface area contributed by atoms with Gasteiger partial charge in [0.25, 0.3) is 0 Å². The quantitative estimate of drug-likeness (QED) is 0.803. The smallest absolute Gasteiger partial charge is 0.137 e. The third-order valence-corrected chi connectivity index (χ3v) is 2.73. The molecule has 0 radical (unpaired) electrons. The summed E-state index contributed by atoms with van der Waals surface area (Å²) in [5.41, 5.74) is 2.72. The van der Waals surface area contributed by atoms with Gasteiger partial charge in [0.1, 0.15) is 11.4 Å². The molecule has 0 saturated heterocycles. The first-order valence-corrected chi connectivity index (χ1v) is 5.59. The van der Waals surface area contributed by atoms with E-state index in [0.717, 1.165) is 41.6 Å². The molecule has 0 aliphatic rings. The number of halogens is 1. The van der Waals surface area contributed by atoms with Crippen molar-refractivity contribution in [1.29, 1.82) is 0 Å². The predicted molar refractivity (Wildman–Crippen MR) is 63.2 cm³/mol. The van der Waals surface area contributed by atoms with Crippen molar-refractivity contribution in [3.8, 4) is 0 Å². The van der Waals surface area contributed by atoms with Crippen LogP contribution in [0.5, 0.6) is 0 Å². The van der Waals surface area contributed by atoms with E-state index in [9.17, 15) is 4.39 Å². The van der Waals surface area contributed by atoms with Crippen molar-refractivity contribution < 1.29 is 8.81 Å². The number of fused-ring (bicyclic) bond motifs is 1. The highest BCUT2D eigenvalue weighted by atomic mass is 19.1. The number of hydrogen-bond acceptors (Lipinski definition) is 2. The van der Waals surface area contributed by atoms with E-state index in [1.165, 1.54) is 6.07 Å². The predicted octanol–water partition coefficient (Wildman–Crippen LogP) is 3.03. The molecule has 0 spiro atoms. The molecule has 1 N–H and O–H groups in total. The molecule has 0 amide bonds. The van der Waals surface area contributed by atoms with E-state index < -0.39 is 0 Å². The molecule has 0 unspecified atom stereocenters. The molecular weight excluding hydrogens is 205 g/mol. The van der Waals surface area contributed by atoms with Crippen LogP contribution in [0.1, 0.15) is 18.1 Å². The number of likely N-dealkylation sites (N-methyl/N-ethyl adjacent to an activating group) is 1. The van der Waals surface area contributed by atoms with E-state index in [1.54, 1.807) is 12.3 Å². The van der Waals surface area contributed by atoms with Crippen molar-refractivity contribution >= 4 is 11.0 Å². The minimum absolute atomic E-state index is 0.198. The van der Waals surface area contributed by atoms with Crippen LogP contribution >= 0.6 is 0 Å². The monoisotopic (exact) mass is 221 g/mol. The normalized spacial score (nSPS) is 11.2. The highest BCUT2D eigenvalue weighted by Gasteiger charge is 2.09. The Kier molecular flexibility index (Phi) is 3.25. The van der Waals surface area contributed by atoms with Gasteiger partial charge in [-0.2, -0.15) is 0 Å². The molecule has 2 rings (SSSR count). The SMILES string of the molecule is CCNCCc1coc2c(C)cc(F)cc12. The topological polar surface area (TPSA) is 25.2 Å².